The van der Waals surface area contributed by atoms with Crippen molar-refractivity contribution in [2.75, 3.05) is 0 Å². The lowest BCUT2D eigenvalue weighted by atomic mass is 9.47. The molecule has 3 aliphatic carbocycles. The van der Waals surface area contributed by atoms with E-state index in [4.69, 9.17) is 4.98 Å². The molecule has 1 saturated heterocycles. The fourth-order valence-corrected chi connectivity index (χ4v) is 10.4. The molecule has 6 heteroatoms. The maximum atomic E-state index is 13.5. The zero-order valence-electron chi connectivity index (χ0n) is 18.9. The minimum atomic E-state index is 0.114. The Hall–Kier alpha value is -1.40. The fraction of sp³-hybridized carbons (Fsp3) is 0.654. The molecule has 4 fully saturated rings. The topological polar surface area (TPSA) is 59.1 Å². The SMILES string of the molecule is C[C@]12CCC(=O)N[C@@H]1CC[C@@H]1[C@@H]2CC[C@]2(C)[C@@H](C(=O)Sc3nc4ccccc4s3)CC[C@@H]12. The van der Waals surface area contributed by atoms with Gasteiger partial charge in [-0.1, -0.05) is 26.0 Å². The third-order valence-electron chi connectivity index (χ3n) is 9.84. The number of aromatic nitrogens is 1. The minimum absolute atomic E-state index is 0.114. The van der Waals surface area contributed by atoms with Gasteiger partial charge in [-0.15, -0.1) is 11.3 Å². The molecule has 4 nitrogen and oxygen atoms in total. The molecule has 6 rings (SSSR count). The van der Waals surface area contributed by atoms with Crippen LogP contribution >= 0.6 is 23.1 Å². The lowest BCUT2D eigenvalue weighted by Crippen LogP contribution is -2.61. The zero-order valence-corrected chi connectivity index (χ0v) is 20.6. The molecule has 0 spiro atoms. The van der Waals surface area contributed by atoms with Gasteiger partial charge in [0.1, 0.15) is 0 Å². The molecular weight excluding hydrogens is 436 g/mol. The fourth-order valence-electron chi connectivity index (χ4n) is 8.14. The second-order valence-electron chi connectivity index (χ2n) is 11.1. The molecule has 1 amide bonds. The Kier molecular flexibility index (Phi) is 5.00. The van der Waals surface area contributed by atoms with Crippen molar-refractivity contribution in [2.24, 2.45) is 34.5 Å². The molecule has 4 aliphatic rings. The van der Waals surface area contributed by atoms with Crippen molar-refractivity contribution in [1.29, 1.82) is 0 Å². The number of carbonyl (C=O) groups excluding carboxylic acids is 2. The predicted octanol–water partition coefficient (Wildman–Crippen LogP) is 6.05. The maximum Gasteiger partial charge on any atom is 0.220 e. The molecule has 1 aliphatic heterocycles. The quantitative estimate of drug-likeness (QED) is 0.545. The van der Waals surface area contributed by atoms with Gasteiger partial charge in [0.15, 0.2) is 9.45 Å². The number of hydrogen-bond donors (Lipinski definition) is 1. The molecule has 0 radical (unpaired) electrons. The van der Waals surface area contributed by atoms with E-state index in [9.17, 15) is 9.59 Å². The minimum Gasteiger partial charge on any atom is -0.353 e. The van der Waals surface area contributed by atoms with Crippen molar-refractivity contribution >= 4 is 44.3 Å². The van der Waals surface area contributed by atoms with Gasteiger partial charge in [0.25, 0.3) is 0 Å². The Morgan fingerprint density at radius 2 is 1.88 bits per heavy atom. The number of hydrogen-bond acceptors (Lipinski definition) is 5. The van der Waals surface area contributed by atoms with Crippen LogP contribution in [0.15, 0.2) is 28.6 Å². The van der Waals surface area contributed by atoms with E-state index in [2.05, 4.69) is 25.2 Å². The zero-order chi connectivity index (χ0) is 22.1. The number of benzene rings is 1. The summed E-state index contributed by atoms with van der Waals surface area (Å²) < 4.78 is 2.05. The number of nitrogens with zero attached hydrogens (tertiary/aromatic N) is 1. The summed E-state index contributed by atoms with van der Waals surface area (Å²) in [7, 11) is 0. The molecule has 7 atom stereocenters. The van der Waals surface area contributed by atoms with Crippen LogP contribution in [0, 0.1) is 34.5 Å². The normalized spacial score (nSPS) is 40.9. The maximum absolute atomic E-state index is 13.5. The number of rotatable bonds is 2. The molecule has 170 valence electrons. The molecule has 3 saturated carbocycles. The molecule has 1 N–H and O–H groups in total. The highest BCUT2D eigenvalue weighted by molar-refractivity contribution is 8.15. The molecule has 2 aromatic rings. The van der Waals surface area contributed by atoms with Gasteiger partial charge in [-0.05, 0) is 97.4 Å². The van der Waals surface area contributed by atoms with Gasteiger partial charge in [-0.3, -0.25) is 9.59 Å². The summed E-state index contributed by atoms with van der Waals surface area (Å²) in [6, 6.07) is 8.50. The van der Waals surface area contributed by atoms with E-state index in [1.54, 1.807) is 11.3 Å². The summed E-state index contributed by atoms with van der Waals surface area (Å²) in [4.78, 5) is 30.2. The molecule has 2 heterocycles. The van der Waals surface area contributed by atoms with Crippen molar-refractivity contribution in [3.8, 4) is 0 Å². The largest absolute Gasteiger partial charge is 0.353 e. The summed E-state index contributed by atoms with van der Waals surface area (Å²) in [5.74, 6) is 2.41. The average molecular weight is 469 g/mol. The Labute approximate surface area is 198 Å². The van der Waals surface area contributed by atoms with Crippen molar-refractivity contribution < 1.29 is 9.59 Å². The number of thioether (sulfide) groups is 1. The third-order valence-corrected chi connectivity index (χ3v) is 11.9. The number of piperidine rings is 1. The average Bonchev–Trinajstić information content (AvgIpc) is 3.34. The smallest absolute Gasteiger partial charge is 0.220 e. The molecule has 32 heavy (non-hydrogen) atoms. The Balaban J connectivity index is 1.22. The first-order valence-corrected chi connectivity index (χ1v) is 13.9. The van der Waals surface area contributed by atoms with Crippen LogP contribution in [0.3, 0.4) is 0 Å². The summed E-state index contributed by atoms with van der Waals surface area (Å²) in [6.45, 7) is 4.86. The van der Waals surface area contributed by atoms with Crippen molar-refractivity contribution in [1.82, 2.24) is 10.3 Å². The highest BCUT2D eigenvalue weighted by Gasteiger charge is 2.61. The summed E-state index contributed by atoms with van der Waals surface area (Å²) in [5.41, 5.74) is 1.34. The first kappa shape index (κ1) is 21.2. The van der Waals surface area contributed by atoms with E-state index in [1.807, 2.05) is 18.2 Å². The van der Waals surface area contributed by atoms with Gasteiger partial charge in [-0.25, -0.2) is 4.98 Å². The van der Waals surface area contributed by atoms with Crippen molar-refractivity contribution in [3.63, 3.8) is 0 Å². The molecule has 1 aromatic carbocycles. The number of nitrogens with one attached hydrogen (secondary N) is 1. The van der Waals surface area contributed by atoms with E-state index in [0.29, 0.717) is 35.3 Å². The van der Waals surface area contributed by atoms with Crippen LogP contribution in [0.1, 0.15) is 65.2 Å². The van der Waals surface area contributed by atoms with Crippen LogP contribution in [0.4, 0.5) is 0 Å². The van der Waals surface area contributed by atoms with E-state index < -0.39 is 0 Å². The van der Waals surface area contributed by atoms with Crippen LogP contribution in [0.25, 0.3) is 10.2 Å². The lowest BCUT2D eigenvalue weighted by Gasteiger charge is -2.60. The molecule has 1 aromatic heterocycles. The number of amides is 1. The van der Waals surface area contributed by atoms with Crippen molar-refractivity contribution in [3.05, 3.63) is 24.3 Å². The van der Waals surface area contributed by atoms with Gasteiger partial charge in [-0.2, -0.15) is 0 Å². The van der Waals surface area contributed by atoms with E-state index in [1.165, 1.54) is 31.0 Å². The first-order chi connectivity index (χ1) is 15.4. The predicted molar refractivity (Wildman–Crippen MR) is 130 cm³/mol. The van der Waals surface area contributed by atoms with Gasteiger partial charge < -0.3 is 5.32 Å². The summed E-state index contributed by atoms with van der Waals surface area (Å²) in [5, 5.41) is 3.65. The third kappa shape index (κ3) is 3.12. The van der Waals surface area contributed by atoms with E-state index >= 15 is 0 Å². The van der Waals surface area contributed by atoms with Gasteiger partial charge in [0.05, 0.1) is 10.2 Å². The molecule has 0 unspecified atom stereocenters. The highest BCUT2D eigenvalue weighted by atomic mass is 32.2. The number of carbonyl (C=O) groups is 2. The second kappa shape index (κ2) is 7.56. The Bertz CT molecular complexity index is 1050. The van der Waals surface area contributed by atoms with Crippen LogP contribution in [-0.4, -0.2) is 22.0 Å². The monoisotopic (exact) mass is 468 g/mol. The van der Waals surface area contributed by atoms with Gasteiger partial charge >= 0.3 is 0 Å². The number of thiazole rings is 1. The summed E-state index contributed by atoms with van der Waals surface area (Å²) in [6.07, 6.45) is 8.58. The van der Waals surface area contributed by atoms with Crippen molar-refractivity contribution in [2.45, 2.75) is 75.6 Å². The Morgan fingerprint density at radius 3 is 2.72 bits per heavy atom. The van der Waals surface area contributed by atoms with Crippen LogP contribution < -0.4 is 5.32 Å². The molecule has 0 bridgehead atoms. The second-order valence-corrected chi connectivity index (χ2v) is 13.4. The molecular formula is C26H32N2O2S2. The highest BCUT2D eigenvalue weighted by Crippen LogP contribution is 2.66. The van der Waals surface area contributed by atoms with Crippen LogP contribution in [-0.2, 0) is 9.59 Å². The van der Waals surface area contributed by atoms with Gasteiger partial charge in [0.2, 0.25) is 5.91 Å². The standard InChI is InChI=1S/C26H32N2O2S2/c1-25-13-11-17-15(7-10-21-26(17,2)14-12-22(29)28-21)16(25)8-9-18(25)23(30)32-24-27-19-5-3-4-6-20(19)31-24/h3-6,15-18,21H,7-14H2,1-2H3,(H,28,29)/t15-,16-,17-,18+,21+,25-,26+/m0/s1. The van der Waals surface area contributed by atoms with Crippen LogP contribution in [0.5, 0.6) is 0 Å². The van der Waals surface area contributed by atoms with E-state index in [0.717, 1.165) is 40.2 Å². The number of para-hydroxylation sites is 1. The lowest BCUT2D eigenvalue weighted by molar-refractivity contribution is -0.138. The van der Waals surface area contributed by atoms with E-state index in [-0.39, 0.29) is 22.7 Å². The first-order valence-electron chi connectivity index (χ1n) is 12.2. The van der Waals surface area contributed by atoms with Crippen LogP contribution in [0.2, 0.25) is 0 Å². The Morgan fingerprint density at radius 1 is 1.06 bits per heavy atom. The summed E-state index contributed by atoms with van der Waals surface area (Å²) >= 11 is 3.03. The number of fused-ring (bicyclic) bond motifs is 6. The van der Waals surface area contributed by atoms with Gasteiger partial charge in [0, 0.05) is 18.4 Å².